The molecule has 1 N–H and O–H groups in total. The molecule has 0 bridgehead atoms. The minimum atomic E-state index is 0.616. The average molecular weight is 233 g/mol. The second-order valence-electron chi connectivity index (χ2n) is 4.86. The standard InChI is InChI=1S/C13H19N3O/c1-2-6-14-13-10-8-17-7-5-11(10)15-12(16-13)9-3-4-9/h9H,2-8H2,1H3,(H,14,15,16). The number of nitrogens with one attached hydrogen (secondary N) is 1. The molecule has 3 rings (SSSR count). The van der Waals surface area contributed by atoms with Crippen molar-refractivity contribution in [3.8, 4) is 0 Å². The van der Waals surface area contributed by atoms with E-state index in [1.54, 1.807) is 0 Å². The van der Waals surface area contributed by atoms with Crippen molar-refractivity contribution < 1.29 is 4.74 Å². The number of fused-ring (bicyclic) bond motifs is 1. The number of rotatable bonds is 4. The number of anilines is 1. The van der Waals surface area contributed by atoms with E-state index < -0.39 is 0 Å². The summed E-state index contributed by atoms with van der Waals surface area (Å²) in [5, 5.41) is 3.41. The molecule has 0 spiro atoms. The van der Waals surface area contributed by atoms with Gasteiger partial charge in [0, 0.05) is 24.4 Å². The largest absolute Gasteiger partial charge is 0.376 e. The highest BCUT2D eigenvalue weighted by molar-refractivity contribution is 5.47. The summed E-state index contributed by atoms with van der Waals surface area (Å²) in [5.74, 6) is 2.67. The fourth-order valence-electron chi connectivity index (χ4n) is 2.16. The highest BCUT2D eigenvalue weighted by atomic mass is 16.5. The zero-order chi connectivity index (χ0) is 11.7. The molecule has 0 atom stereocenters. The van der Waals surface area contributed by atoms with Crippen LogP contribution in [-0.2, 0) is 17.8 Å². The van der Waals surface area contributed by atoms with E-state index in [0.717, 1.165) is 37.6 Å². The molecule has 2 aliphatic rings. The van der Waals surface area contributed by atoms with Crippen molar-refractivity contribution >= 4 is 5.82 Å². The molecule has 4 nitrogen and oxygen atoms in total. The summed E-state index contributed by atoms with van der Waals surface area (Å²) in [6.07, 6.45) is 4.54. The molecule has 0 unspecified atom stereocenters. The second-order valence-corrected chi connectivity index (χ2v) is 4.86. The zero-order valence-electron chi connectivity index (χ0n) is 10.3. The Morgan fingerprint density at radius 2 is 2.24 bits per heavy atom. The van der Waals surface area contributed by atoms with E-state index in [1.807, 2.05) is 0 Å². The lowest BCUT2D eigenvalue weighted by molar-refractivity contribution is 0.109. The molecule has 1 saturated carbocycles. The summed E-state index contributed by atoms with van der Waals surface area (Å²) in [4.78, 5) is 9.40. The molecule has 0 aromatic carbocycles. The summed E-state index contributed by atoms with van der Waals surface area (Å²) in [7, 11) is 0. The summed E-state index contributed by atoms with van der Waals surface area (Å²) in [6, 6.07) is 0. The van der Waals surface area contributed by atoms with Crippen LogP contribution in [0, 0.1) is 0 Å². The molecular formula is C13H19N3O. The molecule has 1 aromatic heterocycles. The predicted octanol–water partition coefficient (Wildman–Crippen LogP) is 2.25. The summed E-state index contributed by atoms with van der Waals surface area (Å²) >= 11 is 0. The fourth-order valence-corrected chi connectivity index (χ4v) is 2.16. The van der Waals surface area contributed by atoms with Gasteiger partial charge in [-0.05, 0) is 19.3 Å². The van der Waals surface area contributed by atoms with Crippen LogP contribution in [0.3, 0.4) is 0 Å². The third-order valence-corrected chi connectivity index (χ3v) is 3.32. The van der Waals surface area contributed by atoms with Gasteiger partial charge in [-0.1, -0.05) is 6.92 Å². The van der Waals surface area contributed by atoms with Crippen LogP contribution in [0.4, 0.5) is 5.82 Å². The first kappa shape index (κ1) is 11.0. The summed E-state index contributed by atoms with van der Waals surface area (Å²) in [5.41, 5.74) is 2.38. The average Bonchev–Trinajstić information content (AvgIpc) is 3.20. The summed E-state index contributed by atoms with van der Waals surface area (Å²) in [6.45, 7) is 4.58. The number of hydrogen-bond acceptors (Lipinski definition) is 4. The number of nitrogens with zero attached hydrogens (tertiary/aromatic N) is 2. The first-order valence-electron chi connectivity index (χ1n) is 6.59. The van der Waals surface area contributed by atoms with Gasteiger partial charge in [-0.25, -0.2) is 9.97 Å². The monoisotopic (exact) mass is 233 g/mol. The van der Waals surface area contributed by atoms with Crippen molar-refractivity contribution in [2.45, 2.75) is 45.1 Å². The Balaban J connectivity index is 1.94. The number of aromatic nitrogens is 2. The Kier molecular flexibility index (Phi) is 2.97. The lowest BCUT2D eigenvalue weighted by Gasteiger charge is -2.20. The van der Waals surface area contributed by atoms with Gasteiger partial charge in [0.05, 0.1) is 18.9 Å². The molecule has 1 fully saturated rings. The Morgan fingerprint density at radius 3 is 3.00 bits per heavy atom. The highest BCUT2D eigenvalue weighted by Crippen LogP contribution is 2.39. The van der Waals surface area contributed by atoms with E-state index in [4.69, 9.17) is 9.72 Å². The van der Waals surface area contributed by atoms with Gasteiger partial charge in [0.2, 0.25) is 0 Å². The van der Waals surface area contributed by atoms with Gasteiger partial charge in [0.15, 0.2) is 0 Å². The molecule has 0 saturated heterocycles. The van der Waals surface area contributed by atoms with Crippen LogP contribution in [0.25, 0.3) is 0 Å². The van der Waals surface area contributed by atoms with Crippen molar-refractivity contribution in [3.05, 3.63) is 17.1 Å². The van der Waals surface area contributed by atoms with Crippen molar-refractivity contribution in [1.29, 1.82) is 0 Å². The molecule has 1 aliphatic heterocycles. The van der Waals surface area contributed by atoms with Crippen LogP contribution in [0.1, 0.15) is 49.2 Å². The Morgan fingerprint density at radius 1 is 1.35 bits per heavy atom. The molecule has 92 valence electrons. The smallest absolute Gasteiger partial charge is 0.135 e. The van der Waals surface area contributed by atoms with Crippen molar-refractivity contribution in [1.82, 2.24) is 9.97 Å². The topological polar surface area (TPSA) is 47.0 Å². The fraction of sp³-hybridized carbons (Fsp3) is 0.692. The molecule has 0 radical (unpaired) electrons. The lowest BCUT2D eigenvalue weighted by Crippen LogP contribution is -2.18. The Hall–Kier alpha value is -1.16. The van der Waals surface area contributed by atoms with Crippen molar-refractivity contribution in [3.63, 3.8) is 0 Å². The molecule has 1 aromatic rings. The molecule has 1 aliphatic carbocycles. The minimum Gasteiger partial charge on any atom is -0.376 e. The van der Waals surface area contributed by atoms with Gasteiger partial charge in [0.25, 0.3) is 0 Å². The number of hydrogen-bond donors (Lipinski definition) is 1. The van der Waals surface area contributed by atoms with Gasteiger partial charge >= 0.3 is 0 Å². The zero-order valence-corrected chi connectivity index (χ0v) is 10.3. The van der Waals surface area contributed by atoms with Crippen LogP contribution in [0.2, 0.25) is 0 Å². The molecule has 2 heterocycles. The first-order valence-corrected chi connectivity index (χ1v) is 6.59. The number of ether oxygens (including phenoxy) is 1. The van der Waals surface area contributed by atoms with Crippen LogP contribution < -0.4 is 5.32 Å². The van der Waals surface area contributed by atoms with Crippen molar-refractivity contribution in [2.75, 3.05) is 18.5 Å². The molecule has 0 amide bonds. The third-order valence-electron chi connectivity index (χ3n) is 3.32. The van der Waals surface area contributed by atoms with E-state index in [2.05, 4.69) is 17.2 Å². The molecular weight excluding hydrogens is 214 g/mol. The second kappa shape index (κ2) is 4.61. The van der Waals surface area contributed by atoms with E-state index in [-0.39, 0.29) is 0 Å². The van der Waals surface area contributed by atoms with Crippen LogP contribution in [0.15, 0.2) is 0 Å². The first-order chi connectivity index (χ1) is 8.38. The van der Waals surface area contributed by atoms with Gasteiger partial charge in [-0.3, -0.25) is 0 Å². The van der Waals surface area contributed by atoms with Gasteiger partial charge in [0.1, 0.15) is 11.6 Å². The normalized spacial score (nSPS) is 18.9. The van der Waals surface area contributed by atoms with Gasteiger partial charge in [-0.2, -0.15) is 0 Å². The maximum Gasteiger partial charge on any atom is 0.135 e. The van der Waals surface area contributed by atoms with E-state index in [1.165, 1.54) is 24.1 Å². The summed E-state index contributed by atoms with van der Waals surface area (Å²) < 4.78 is 5.51. The highest BCUT2D eigenvalue weighted by Gasteiger charge is 2.29. The van der Waals surface area contributed by atoms with E-state index >= 15 is 0 Å². The maximum atomic E-state index is 5.51. The maximum absolute atomic E-state index is 5.51. The lowest BCUT2D eigenvalue weighted by atomic mass is 10.1. The Bertz CT molecular complexity index is 415. The molecule has 4 heteroatoms. The van der Waals surface area contributed by atoms with Crippen LogP contribution >= 0.6 is 0 Å². The minimum absolute atomic E-state index is 0.616. The van der Waals surface area contributed by atoms with E-state index in [9.17, 15) is 0 Å². The Labute approximate surface area is 102 Å². The third kappa shape index (κ3) is 2.27. The van der Waals surface area contributed by atoms with Crippen molar-refractivity contribution in [2.24, 2.45) is 0 Å². The molecule has 17 heavy (non-hydrogen) atoms. The van der Waals surface area contributed by atoms with Gasteiger partial charge in [-0.15, -0.1) is 0 Å². The predicted molar refractivity (Wildman–Crippen MR) is 66.1 cm³/mol. The van der Waals surface area contributed by atoms with Crippen LogP contribution in [-0.4, -0.2) is 23.1 Å². The SMILES string of the molecule is CCCNc1nc(C2CC2)nc2c1COCC2. The van der Waals surface area contributed by atoms with Crippen LogP contribution in [0.5, 0.6) is 0 Å². The van der Waals surface area contributed by atoms with Gasteiger partial charge < -0.3 is 10.1 Å². The quantitative estimate of drug-likeness (QED) is 0.866. The van der Waals surface area contributed by atoms with E-state index in [0.29, 0.717) is 12.5 Å².